The van der Waals surface area contributed by atoms with Crippen molar-refractivity contribution in [2.75, 3.05) is 7.11 Å². The number of aromatic nitrogens is 2. The molecule has 1 aromatic heterocycles. The smallest absolute Gasteiger partial charge is 0.219 e. The fourth-order valence-corrected chi connectivity index (χ4v) is 1.14. The molecular formula is C12H22N2O. The van der Waals surface area contributed by atoms with Gasteiger partial charge in [0.05, 0.1) is 7.11 Å². The highest BCUT2D eigenvalue weighted by Gasteiger charge is 2.09. The van der Waals surface area contributed by atoms with Crippen LogP contribution in [0.3, 0.4) is 0 Å². The van der Waals surface area contributed by atoms with Crippen LogP contribution >= 0.6 is 0 Å². The van der Waals surface area contributed by atoms with Crippen LogP contribution in [0, 0.1) is 0 Å². The van der Waals surface area contributed by atoms with E-state index in [1.807, 2.05) is 27.0 Å². The number of methoxy groups -OCH3 is 1. The zero-order valence-corrected chi connectivity index (χ0v) is 10.7. The van der Waals surface area contributed by atoms with Crippen LogP contribution in [0.2, 0.25) is 0 Å². The summed E-state index contributed by atoms with van der Waals surface area (Å²) < 4.78 is 5.20. The van der Waals surface area contributed by atoms with Gasteiger partial charge in [-0.05, 0) is 5.92 Å². The second kappa shape index (κ2) is 7.21. The summed E-state index contributed by atoms with van der Waals surface area (Å²) in [6.07, 6.45) is 2.70. The first kappa shape index (κ1) is 13.9. The predicted molar refractivity (Wildman–Crippen MR) is 63.4 cm³/mol. The summed E-state index contributed by atoms with van der Waals surface area (Å²) in [5, 5.41) is 0. The highest BCUT2D eigenvalue weighted by molar-refractivity contribution is 5.26. The zero-order chi connectivity index (χ0) is 11.8. The molecule has 0 atom stereocenters. The molecule has 0 bridgehead atoms. The maximum atomic E-state index is 5.20. The summed E-state index contributed by atoms with van der Waals surface area (Å²) in [7, 11) is 1.65. The number of nitrogens with zero attached hydrogens (tertiary/aromatic N) is 2. The molecule has 0 saturated heterocycles. The van der Waals surface area contributed by atoms with Crippen LogP contribution in [0.15, 0.2) is 6.20 Å². The van der Waals surface area contributed by atoms with Gasteiger partial charge in [-0.1, -0.05) is 34.6 Å². The Bertz CT molecular complexity index is 285. The van der Waals surface area contributed by atoms with Gasteiger partial charge in [-0.2, -0.15) is 4.98 Å². The molecule has 3 nitrogen and oxygen atoms in total. The second-order valence-electron chi connectivity index (χ2n) is 3.26. The lowest BCUT2D eigenvalue weighted by molar-refractivity contribution is 0.387. The van der Waals surface area contributed by atoms with Crippen LogP contribution in [0.1, 0.15) is 51.9 Å². The minimum Gasteiger partial charge on any atom is -0.481 e. The van der Waals surface area contributed by atoms with Crippen LogP contribution in [0.4, 0.5) is 0 Å². The highest BCUT2D eigenvalue weighted by Crippen LogP contribution is 2.22. The molecule has 0 aliphatic carbocycles. The molecular weight excluding hydrogens is 188 g/mol. The van der Waals surface area contributed by atoms with Crippen molar-refractivity contribution in [1.82, 2.24) is 9.97 Å². The summed E-state index contributed by atoms with van der Waals surface area (Å²) in [6, 6.07) is 0. The summed E-state index contributed by atoms with van der Waals surface area (Å²) in [5.41, 5.74) is 1.07. The number of hydrogen-bond donors (Lipinski definition) is 0. The molecule has 86 valence electrons. The van der Waals surface area contributed by atoms with Crippen LogP contribution in [-0.2, 0) is 6.42 Å². The lowest BCUT2D eigenvalue weighted by Gasteiger charge is -2.10. The van der Waals surface area contributed by atoms with Crippen molar-refractivity contribution < 1.29 is 4.74 Å². The Morgan fingerprint density at radius 3 is 2.33 bits per heavy atom. The van der Waals surface area contributed by atoms with Crippen molar-refractivity contribution >= 4 is 0 Å². The average Bonchev–Trinajstić information content (AvgIpc) is 2.30. The van der Waals surface area contributed by atoms with Crippen molar-refractivity contribution in [3.63, 3.8) is 0 Å². The van der Waals surface area contributed by atoms with Crippen LogP contribution in [0.5, 0.6) is 5.88 Å². The first-order valence-electron chi connectivity index (χ1n) is 5.58. The van der Waals surface area contributed by atoms with Gasteiger partial charge in [-0.15, -0.1) is 0 Å². The van der Waals surface area contributed by atoms with Gasteiger partial charge >= 0.3 is 0 Å². The van der Waals surface area contributed by atoms with Gasteiger partial charge in [0, 0.05) is 18.2 Å². The summed E-state index contributed by atoms with van der Waals surface area (Å²) in [5.74, 6) is 1.95. The van der Waals surface area contributed by atoms with Gasteiger partial charge in [0.1, 0.15) is 5.82 Å². The quantitative estimate of drug-likeness (QED) is 0.768. The van der Waals surface area contributed by atoms with E-state index in [0.717, 1.165) is 17.8 Å². The molecule has 0 unspecified atom stereocenters. The van der Waals surface area contributed by atoms with Crippen molar-refractivity contribution in [2.45, 2.75) is 47.0 Å². The van der Waals surface area contributed by atoms with Gasteiger partial charge < -0.3 is 4.74 Å². The average molecular weight is 210 g/mol. The molecule has 0 N–H and O–H groups in total. The van der Waals surface area contributed by atoms with Crippen LogP contribution < -0.4 is 4.74 Å². The lowest BCUT2D eigenvalue weighted by Crippen LogP contribution is -2.02. The van der Waals surface area contributed by atoms with E-state index in [4.69, 9.17) is 4.74 Å². The molecule has 0 radical (unpaired) electrons. The Labute approximate surface area is 92.9 Å². The fourth-order valence-electron chi connectivity index (χ4n) is 1.14. The Balaban J connectivity index is 0.000000921. The maximum Gasteiger partial charge on any atom is 0.219 e. The molecule has 1 aromatic rings. The predicted octanol–water partition coefficient (Wildman–Crippen LogP) is 3.20. The Kier molecular flexibility index (Phi) is 6.67. The van der Waals surface area contributed by atoms with E-state index < -0.39 is 0 Å². The normalized spacial score (nSPS) is 9.53. The summed E-state index contributed by atoms with van der Waals surface area (Å²) >= 11 is 0. The third-order valence-electron chi connectivity index (χ3n) is 1.96. The van der Waals surface area contributed by atoms with Crippen LogP contribution in [0.25, 0.3) is 0 Å². The van der Waals surface area contributed by atoms with E-state index in [1.54, 1.807) is 7.11 Å². The molecule has 0 aliphatic rings. The van der Waals surface area contributed by atoms with Crippen molar-refractivity contribution in [1.29, 1.82) is 0 Å². The Morgan fingerprint density at radius 2 is 1.93 bits per heavy atom. The van der Waals surface area contributed by atoms with Gasteiger partial charge in [-0.3, -0.25) is 0 Å². The molecule has 0 aromatic carbocycles. The molecule has 0 amide bonds. The SMILES string of the molecule is CC.CCc1ncc(C(C)C)c(OC)n1. The standard InChI is InChI=1S/C10H16N2O.C2H6/c1-5-9-11-6-8(7(2)3)10(12-9)13-4;1-2/h6-7H,5H2,1-4H3;1-2H3. The van der Waals surface area contributed by atoms with Crippen LogP contribution in [-0.4, -0.2) is 17.1 Å². The minimum absolute atomic E-state index is 0.404. The molecule has 0 aliphatic heterocycles. The van der Waals surface area contributed by atoms with Gasteiger partial charge in [-0.25, -0.2) is 4.98 Å². The molecule has 0 saturated carbocycles. The Hall–Kier alpha value is -1.12. The largest absolute Gasteiger partial charge is 0.481 e. The second-order valence-corrected chi connectivity index (χ2v) is 3.26. The molecule has 15 heavy (non-hydrogen) atoms. The van der Waals surface area contributed by atoms with Gasteiger partial charge in [0.15, 0.2) is 0 Å². The topological polar surface area (TPSA) is 35.0 Å². The number of ether oxygens (including phenoxy) is 1. The van der Waals surface area contributed by atoms with Gasteiger partial charge in [0.2, 0.25) is 5.88 Å². The zero-order valence-electron chi connectivity index (χ0n) is 10.7. The van der Waals surface area contributed by atoms with E-state index in [-0.39, 0.29) is 0 Å². The molecule has 3 heteroatoms. The third kappa shape index (κ3) is 3.86. The summed E-state index contributed by atoms with van der Waals surface area (Å²) in [6.45, 7) is 10.2. The third-order valence-corrected chi connectivity index (χ3v) is 1.96. The number of aryl methyl sites for hydroxylation is 1. The Morgan fingerprint density at radius 1 is 1.33 bits per heavy atom. The van der Waals surface area contributed by atoms with E-state index in [1.165, 1.54) is 0 Å². The van der Waals surface area contributed by atoms with Crippen molar-refractivity contribution in [2.24, 2.45) is 0 Å². The minimum atomic E-state index is 0.404. The van der Waals surface area contributed by atoms with E-state index in [2.05, 4.69) is 23.8 Å². The van der Waals surface area contributed by atoms with E-state index >= 15 is 0 Å². The molecule has 0 fully saturated rings. The lowest BCUT2D eigenvalue weighted by atomic mass is 10.1. The molecule has 0 spiro atoms. The van der Waals surface area contributed by atoms with Gasteiger partial charge in [0.25, 0.3) is 0 Å². The molecule has 1 heterocycles. The first-order chi connectivity index (χ1) is 7.19. The van der Waals surface area contributed by atoms with Crippen molar-refractivity contribution in [3.8, 4) is 5.88 Å². The molecule has 1 rings (SSSR count). The first-order valence-corrected chi connectivity index (χ1v) is 5.58. The van der Waals surface area contributed by atoms with Crippen molar-refractivity contribution in [3.05, 3.63) is 17.6 Å². The number of rotatable bonds is 3. The fraction of sp³-hybridized carbons (Fsp3) is 0.667. The highest BCUT2D eigenvalue weighted by atomic mass is 16.5. The van der Waals surface area contributed by atoms with E-state index in [9.17, 15) is 0 Å². The maximum absolute atomic E-state index is 5.20. The monoisotopic (exact) mass is 210 g/mol. The number of hydrogen-bond acceptors (Lipinski definition) is 3. The summed E-state index contributed by atoms with van der Waals surface area (Å²) in [4.78, 5) is 8.53. The van der Waals surface area contributed by atoms with E-state index in [0.29, 0.717) is 11.8 Å².